The fourth-order valence-electron chi connectivity index (χ4n) is 40.1. The second kappa shape index (κ2) is 37.7. The van der Waals surface area contributed by atoms with E-state index in [1.54, 1.807) is 44.2 Å². The number of aliphatic hydroxyl groups excluding tert-OH is 4. The Morgan fingerprint density at radius 1 is 0.275 bits per heavy atom. The number of carbonyl (C=O) groups is 18. The normalized spacial score (nSPS) is 48.4. The first-order valence-electron chi connectivity index (χ1n) is 55.3. The lowest BCUT2D eigenvalue weighted by atomic mass is 9.43. The highest BCUT2D eigenvalue weighted by molar-refractivity contribution is 6.00. The molecule has 39 atom stereocenters. The second-order valence-corrected chi connectivity index (χ2v) is 53.5. The zero-order valence-corrected chi connectivity index (χ0v) is 92.5. The zero-order valence-electron chi connectivity index (χ0n) is 92.5. The number of hydrogen-bond donors (Lipinski definition) is 6. The third-order valence-electron chi connectivity index (χ3n) is 45.3. The summed E-state index contributed by atoms with van der Waals surface area (Å²) in [5.74, 6) is -3.89. The van der Waals surface area contributed by atoms with Crippen molar-refractivity contribution in [1.29, 1.82) is 0 Å². The van der Waals surface area contributed by atoms with Crippen molar-refractivity contribution < 1.29 is 141 Å². The molecule has 0 saturated heterocycles. The van der Waals surface area contributed by atoms with E-state index in [1.165, 1.54) is 69.2 Å². The number of carbonyl (C=O) groups excluding carboxylic acids is 18. The summed E-state index contributed by atoms with van der Waals surface area (Å²) in [5, 5.41) is 68.1. The average Bonchev–Trinajstić information content (AvgIpc) is 1.69. The molecule has 0 radical (unpaired) electrons. The van der Waals surface area contributed by atoms with Gasteiger partial charge in [0.2, 0.25) is 0 Å². The molecule has 29 heteroatoms. The van der Waals surface area contributed by atoms with Crippen molar-refractivity contribution in [2.45, 2.75) is 416 Å². The van der Waals surface area contributed by atoms with Crippen LogP contribution in [0.15, 0.2) is 58.2 Å². The molecule has 149 heavy (non-hydrogen) atoms. The summed E-state index contributed by atoms with van der Waals surface area (Å²) in [6, 6.07) is 0. The van der Waals surface area contributed by atoms with Crippen LogP contribution in [0.1, 0.15) is 353 Å². The molecule has 0 aromatic carbocycles. The highest BCUT2D eigenvalue weighted by atomic mass is 16.6. The van der Waals surface area contributed by atoms with E-state index in [1.807, 2.05) is 41.5 Å². The Morgan fingerprint density at radius 3 is 0.940 bits per heavy atom. The molecule has 29 nitrogen and oxygen atoms in total. The minimum absolute atomic E-state index is 0.000572. The summed E-state index contributed by atoms with van der Waals surface area (Å²) in [5.41, 5.74) is -10.2. The van der Waals surface area contributed by atoms with Crippen LogP contribution in [0.25, 0.3) is 0 Å². The highest BCUT2D eigenvalue weighted by Gasteiger charge is 2.80. The smallest absolute Gasteiger partial charge is 0.303 e. The Hall–Kier alpha value is -8.48. The van der Waals surface area contributed by atoms with E-state index in [-0.39, 0.29) is 231 Å². The minimum atomic E-state index is -1.48. The molecule has 0 heterocycles. The minimum Gasteiger partial charge on any atom is -0.451 e. The van der Waals surface area contributed by atoms with Gasteiger partial charge in [0.15, 0.2) is 85.8 Å². The van der Waals surface area contributed by atoms with Crippen LogP contribution in [0, 0.1) is 161 Å². The molecule has 20 aliphatic rings. The Morgan fingerprint density at radius 2 is 0.544 bits per heavy atom. The molecule has 15 fully saturated rings. The van der Waals surface area contributed by atoms with Crippen molar-refractivity contribution in [2.24, 2.45) is 161 Å². The molecule has 0 aromatic rings. The summed E-state index contributed by atoms with van der Waals surface area (Å²) in [6.07, 6.45) is 18.7. The number of hydrogen-bond acceptors (Lipinski definition) is 29. The Kier molecular flexibility index (Phi) is 28.6. The van der Waals surface area contributed by atoms with Crippen LogP contribution in [0.3, 0.4) is 0 Å². The van der Waals surface area contributed by atoms with Crippen molar-refractivity contribution in [2.75, 3.05) is 0 Å². The standard InChI is InChI=1S/C24H34O6.C24H32O6.C24H34O6.C24H32O6.C24H32O5/c2*1-13(25)24(30-14(2)26)9-7-17-16-11-23(5,29)19-10-15(27)6-8-21(19,3)20(16)18(28)12-22(17,24)4;2*1-12-8-16-20(22(4)7-6-15(27)9-17(12)22)18(28)10-23(5)21(16)19(29)11-24(23,13(2)25)30-14(3)26;1-13-10-17-18-7-9-24(14(2)25,29-15(3)26)23(18,5)12-20(28)21(17)22(4)8-6-16(27)11-19(13)22/h10,16-18,20,28-29H,6-9,11-12H2,1-5H3;10,16-17,20,29H,6-9,11-12H2,1-5H3;9,12,16,18-21,28-29H,6-8,10-11H2,1-5H3;9,12,16,19-21,29H,6-8,10-11H2,1-5H3;11,13,17-18,21H,6-10,12H2,1-5H3/t16-,17-,18-,20+,21-,22-,23+,24-;16-,17-,20+,21-,22-,23+,24-;12-,16+,18-,19+,20+,21+,22-,23-,24-;12-,16+,19+,20+,21+,22-,23-,24-;13-,17-,18-,21+,22-,23-,24-/m00000/s1. The Bertz CT molecular complexity index is 5880. The number of ether oxygens (including phenoxy) is 5. The van der Waals surface area contributed by atoms with Gasteiger partial charge in [-0.1, -0.05) is 107 Å². The number of fused-ring (bicyclic) bond motifs is 25. The Labute approximate surface area is 876 Å². The second-order valence-electron chi connectivity index (χ2n) is 53.5. The van der Waals surface area contributed by atoms with Crippen LogP contribution < -0.4 is 0 Å². The summed E-state index contributed by atoms with van der Waals surface area (Å²) in [4.78, 5) is 225. The largest absolute Gasteiger partial charge is 0.451 e. The van der Waals surface area contributed by atoms with E-state index in [9.17, 15) is 117 Å². The molecule has 0 unspecified atom stereocenters. The molecule has 0 aliphatic heterocycles. The topological polar surface area (TPSA) is 475 Å². The van der Waals surface area contributed by atoms with Gasteiger partial charge in [-0.3, -0.25) is 86.3 Å². The van der Waals surface area contributed by atoms with Gasteiger partial charge in [-0.05, 0) is 316 Å². The molecular weight excluding hydrogens is 1910 g/mol. The molecule has 20 aliphatic carbocycles. The van der Waals surface area contributed by atoms with Crippen LogP contribution in [0.4, 0.5) is 0 Å². The zero-order chi connectivity index (χ0) is 110. The summed E-state index contributed by atoms with van der Waals surface area (Å²) >= 11 is 0. The molecular formula is C120H164O29. The number of ketones is 13. The lowest BCUT2D eigenvalue weighted by molar-refractivity contribution is -0.205. The quantitative estimate of drug-likeness (QED) is 0.0874. The molecule has 15 saturated carbocycles. The molecule has 0 amide bonds. The maximum Gasteiger partial charge on any atom is 0.303 e. The van der Waals surface area contributed by atoms with E-state index in [2.05, 4.69) is 48.5 Å². The lowest BCUT2D eigenvalue weighted by Crippen LogP contribution is -2.65. The Balaban J connectivity index is 0.000000133. The number of esters is 5. The number of rotatable bonds is 10. The third kappa shape index (κ3) is 16.6. The first-order valence-corrected chi connectivity index (χ1v) is 55.3. The average molecular weight is 2070 g/mol. The SMILES string of the molecule is CC(=O)O[C@]1(C(C)=O)CC[C@H]2[C@@H]3C[C@@](C)(O)C4=CC(=O)CC[C@]4(C)[C@H]3C(=O)C[C@@]21C.CC(=O)O[C@]1(C(C)=O)CC[C@H]2[C@@H]3C[C@@](C)(O)C4=CC(=O)CC[C@]4(C)[C@H]3[C@@H](O)C[C@@]21C.CC(=O)O[C@]1(C(C)=O)CC[C@H]2[C@@H]3C[C@H](C)C4=CC(=O)CC[C@]4(C)[C@H]3C(=O)C[C@@]21C.CC(=O)O[C@]1(C(C)=O)C[C@@H](O)[C@H]2[C@@H]3C[C@H](C)C4=CC(=O)CC[C@]4(C)[C@H]3C(=O)C[C@@]21C.CC(=O)O[C@]1(C(C)=O)C[C@@H](O)[C@H]2[C@@H]3C[C@H](C)C4=CC(=O)CC[C@]4(C)[C@H]3[C@@H](O)C[C@@]21C. The molecule has 0 aromatic heterocycles. The van der Waals surface area contributed by atoms with Crippen molar-refractivity contribution in [3.63, 3.8) is 0 Å². The van der Waals surface area contributed by atoms with Gasteiger partial charge in [-0.15, -0.1) is 0 Å². The molecule has 6 N–H and O–H groups in total. The third-order valence-corrected chi connectivity index (χ3v) is 45.3. The monoisotopic (exact) mass is 2070 g/mol. The molecule has 0 spiro atoms. The summed E-state index contributed by atoms with van der Waals surface area (Å²) in [6.45, 7) is 43.7. The van der Waals surface area contributed by atoms with Gasteiger partial charge < -0.3 is 54.3 Å². The molecule has 0 bridgehead atoms. The van der Waals surface area contributed by atoms with Gasteiger partial charge in [0, 0.05) is 149 Å². The number of Topliss-reactive ketones (excluding diaryl/α,β-unsaturated/α-hetero) is 8. The number of aliphatic hydroxyl groups is 6. The van der Waals surface area contributed by atoms with Crippen LogP contribution in [0.2, 0.25) is 0 Å². The number of allylic oxidation sites excluding steroid dienone is 3. The summed E-state index contributed by atoms with van der Waals surface area (Å²) < 4.78 is 28.5. The predicted octanol–water partition coefficient (Wildman–Crippen LogP) is 14.9. The summed E-state index contributed by atoms with van der Waals surface area (Å²) in [7, 11) is 0. The van der Waals surface area contributed by atoms with Gasteiger partial charge >= 0.3 is 29.8 Å². The fraction of sp³-hybridized carbons (Fsp3) is 0.767. The van der Waals surface area contributed by atoms with E-state index in [0.29, 0.717) is 121 Å². The molecule has 818 valence electrons. The van der Waals surface area contributed by atoms with Gasteiger partial charge in [0.1, 0.15) is 17.3 Å². The van der Waals surface area contributed by atoms with Gasteiger partial charge in [0.25, 0.3) is 0 Å². The van der Waals surface area contributed by atoms with E-state index >= 15 is 0 Å². The van der Waals surface area contributed by atoms with Crippen LogP contribution in [-0.4, -0.2) is 199 Å². The van der Waals surface area contributed by atoms with Gasteiger partial charge in [-0.25, -0.2) is 0 Å². The van der Waals surface area contributed by atoms with E-state index in [4.69, 9.17) is 23.7 Å². The van der Waals surface area contributed by atoms with Gasteiger partial charge in [-0.2, -0.15) is 0 Å². The van der Waals surface area contributed by atoms with Crippen molar-refractivity contribution in [3.8, 4) is 0 Å². The van der Waals surface area contributed by atoms with Crippen molar-refractivity contribution in [1.82, 2.24) is 0 Å². The molecule has 20 rings (SSSR count). The van der Waals surface area contributed by atoms with Gasteiger partial charge in [0.05, 0.1) is 35.6 Å². The van der Waals surface area contributed by atoms with E-state index in [0.717, 1.165) is 48.0 Å². The van der Waals surface area contributed by atoms with E-state index < -0.39 is 137 Å². The fourth-order valence-corrected chi connectivity index (χ4v) is 40.1. The highest BCUT2D eigenvalue weighted by Crippen LogP contribution is 2.77. The first kappa shape index (κ1) is 113. The first-order chi connectivity index (χ1) is 68.8. The van der Waals surface area contributed by atoms with Crippen molar-refractivity contribution >= 4 is 105 Å². The maximum atomic E-state index is 13.7. The van der Waals surface area contributed by atoms with Crippen LogP contribution in [-0.2, 0) is 110 Å². The van der Waals surface area contributed by atoms with Crippen molar-refractivity contribution in [3.05, 3.63) is 58.2 Å². The maximum absolute atomic E-state index is 13.7. The lowest BCUT2D eigenvalue weighted by Gasteiger charge is -2.63. The predicted molar refractivity (Wildman–Crippen MR) is 542 cm³/mol. The van der Waals surface area contributed by atoms with Crippen LogP contribution >= 0.6 is 0 Å². The van der Waals surface area contributed by atoms with Crippen LogP contribution in [0.5, 0.6) is 0 Å².